The number of fused-ring (bicyclic) bond motifs is 1. The molecular weight excluding hydrogens is 284 g/mol. The zero-order chi connectivity index (χ0) is 15.7. The van der Waals surface area contributed by atoms with Crippen molar-refractivity contribution in [1.29, 1.82) is 0 Å². The molecule has 1 aromatic carbocycles. The molecule has 3 rings (SSSR count). The van der Waals surface area contributed by atoms with Gasteiger partial charge in [-0.3, -0.25) is 14.9 Å². The molecule has 0 atom stereocenters. The number of nitro groups is 1. The second-order valence-corrected chi connectivity index (χ2v) is 5.05. The summed E-state index contributed by atoms with van der Waals surface area (Å²) in [5.41, 5.74) is 2.83. The van der Waals surface area contributed by atoms with E-state index in [9.17, 15) is 14.9 Å². The third kappa shape index (κ3) is 2.60. The van der Waals surface area contributed by atoms with Crippen LogP contribution in [0.4, 0.5) is 22.9 Å². The lowest BCUT2D eigenvalue weighted by atomic mass is 10.1. The van der Waals surface area contributed by atoms with Crippen molar-refractivity contribution in [3.8, 4) is 0 Å². The van der Waals surface area contributed by atoms with Crippen LogP contribution in [0.3, 0.4) is 0 Å². The number of benzene rings is 1. The number of carbonyl (C=O) groups excluding carboxylic acids is 1. The van der Waals surface area contributed by atoms with Crippen molar-refractivity contribution in [1.82, 2.24) is 4.98 Å². The molecule has 7 nitrogen and oxygen atoms in total. The number of nitrogens with zero attached hydrogens (tertiary/aromatic N) is 3. The zero-order valence-electron chi connectivity index (χ0n) is 11.9. The average Bonchev–Trinajstić information content (AvgIpc) is 2.91. The molecule has 0 saturated carbocycles. The summed E-state index contributed by atoms with van der Waals surface area (Å²) in [5, 5.41) is 13.7. The summed E-state index contributed by atoms with van der Waals surface area (Å²) in [4.78, 5) is 27.4. The Morgan fingerprint density at radius 1 is 1.36 bits per heavy atom. The molecule has 2 aromatic rings. The molecule has 1 amide bonds. The minimum Gasteiger partial charge on any atom is -0.340 e. The van der Waals surface area contributed by atoms with Gasteiger partial charge in [0, 0.05) is 30.9 Å². The van der Waals surface area contributed by atoms with Crippen LogP contribution in [0.15, 0.2) is 36.5 Å². The number of amides is 1. The van der Waals surface area contributed by atoms with Crippen molar-refractivity contribution in [2.75, 3.05) is 16.8 Å². The van der Waals surface area contributed by atoms with Crippen molar-refractivity contribution in [2.45, 2.75) is 13.3 Å². The Morgan fingerprint density at radius 2 is 2.18 bits per heavy atom. The number of anilines is 3. The van der Waals surface area contributed by atoms with Crippen molar-refractivity contribution in [3.63, 3.8) is 0 Å². The number of rotatable bonds is 3. The van der Waals surface area contributed by atoms with E-state index in [2.05, 4.69) is 10.3 Å². The predicted molar refractivity (Wildman–Crippen MR) is 82.3 cm³/mol. The lowest BCUT2D eigenvalue weighted by Crippen LogP contribution is -2.25. The molecule has 7 heteroatoms. The zero-order valence-corrected chi connectivity index (χ0v) is 11.9. The number of aromatic nitrogens is 1. The fourth-order valence-electron chi connectivity index (χ4n) is 2.52. The van der Waals surface area contributed by atoms with E-state index < -0.39 is 4.92 Å². The molecule has 22 heavy (non-hydrogen) atoms. The van der Waals surface area contributed by atoms with E-state index >= 15 is 0 Å². The van der Waals surface area contributed by atoms with E-state index in [1.54, 1.807) is 17.9 Å². The monoisotopic (exact) mass is 298 g/mol. The van der Waals surface area contributed by atoms with Crippen LogP contribution in [0.1, 0.15) is 12.5 Å². The van der Waals surface area contributed by atoms with Crippen LogP contribution in [0.2, 0.25) is 0 Å². The molecule has 0 spiro atoms. The second kappa shape index (κ2) is 5.44. The molecule has 112 valence electrons. The third-order valence-corrected chi connectivity index (χ3v) is 3.59. The Morgan fingerprint density at radius 3 is 2.82 bits per heavy atom. The van der Waals surface area contributed by atoms with Gasteiger partial charge in [0.1, 0.15) is 12.0 Å². The molecule has 1 N–H and O–H groups in total. The third-order valence-electron chi connectivity index (χ3n) is 3.59. The van der Waals surface area contributed by atoms with E-state index in [0.717, 1.165) is 23.4 Å². The van der Waals surface area contributed by atoms with Crippen LogP contribution < -0.4 is 10.2 Å². The number of carbonyl (C=O) groups is 1. The maximum absolute atomic E-state index is 11.5. The smallest absolute Gasteiger partial charge is 0.287 e. The standard InChI is InChI=1S/C15H14N4O3/c1-10(20)18-7-6-11-8-12(2-4-14(11)18)17-15-5-3-13(9-16-15)19(21)22/h2-5,8-9H,6-7H2,1H3,(H,16,17). The Hall–Kier alpha value is -2.96. The fourth-order valence-corrected chi connectivity index (χ4v) is 2.52. The van der Waals surface area contributed by atoms with Crippen LogP contribution in [0.5, 0.6) is 0 Å². The normalized spacial score (nSPS) is 12.9. The lowest BCUT2D eigenvalue weighted by Gasteiger charge is -2.15. The summed E-state index contributed by atoms with van der Waals surface area (Å²) in [6, 6.07) is 8.70. The Labute approximate surface area is 126 Å². The van der Waals surface area contributed by atoms with Gasteiger partial charge >= 0.3 is 0 Å². The molecule has 1 aliphatic rings. The van der Waals surface area contributed by atoms with Crippen molar-refractivity contribution in [2.24, 2.45) is 0 Å². The molecule has 0 bridgehead atoms. The van der Waals surface area contributed by atoms with E-state index in [0.29, 0.717) is 12.4 Å². The fraction of sp³-hybridized carbons (Fsp3) is 0.200. The quantitative estimate of drug-likeness (QED) is 0.695. The number of nitrogens with one attached hydrogen (secondary N) is 1. The van der Waals surface area contributed by atoms with Crippen molar-refractivity contribution < 1.29 is 9.72 Å². The SMILES string of the molecule is CC(=O)N1CCc2cc(Nc3ccc([N+](=O)[O-])cn3)ccc21. The summed E-state index contributed by atoms with van der Waals surface area (Å²) in [6.07, 6.45) is 2.03. The second-order valence-electron chi connectivity index (χ2n) is 5.05. The number of hydrogen-bond donors (Lipinski definition) is 1. The number of hydrogen-bond acceptors (Lipinski definition) is 5. The largest absolute Gasteiger partial charge is 0.340 e. The Kier molecular flexibility index (Phi) is 3.46. The summed E-state index contributed by atoms with van der Waals surface area (Å²) in [6.45, 7) is 2.26. The first-order valence-electron chi connectivity index (χ1n) is 6.83. The van der Waals surface area contributed by atoms with Gasteiger partial charge in [0.2, 0.25) is 5.91 Å². The van der Waals surface area contributed by atoms with Crippen LogP contribution in [0.25, 0.3) is 0 Å². The van der Waals surface area contributed by atoms with Crippen molar-refractivity contribution >= 4 is 28.8 Å². The maximum Gasteiger partial charge on any atom is 0.287 e. The highest BCUT2D eigenvalue weighted by molar-refractivity contribution is 5.94. The van der Waals surface area contributed by atoms with Crippen LogP contribution in [-0.2, 0) is 11.2 Å². The minimum atomic E-state index is -0.484. The average molecular weight is 298 g/mol. The lowest BCUT2D eigenvalue weighted by molar-refractivity contribution is -0.385. The van der Waals surface area contributed by atoms with E-state index in [1.807, 2.05) is 18.2 Å². The first-order valence-corrected chi connectivity index (χ1v) is 6.83. The summed E-state index contributed by atoms with van der Waals surface area (Å²) >= 11 is 0. The van der Waals surface area contributed by atoms with Gasteiger partial charge in [0.05, 0.1) is 4.92 Å². The molecule has 2 heterocycles. The maximum atomic E-state index is 11.5. The van der Waals surface area contributed by atoms with Crippen LogP contribution in [-0.4, -0.2) is 22.4 Å². The molecule has 0 radical (unpaired) electrons. The molecule has 1 aromatic heterocycles. The molecule has 0 saturated heterocycles. The molecule has 0 unspecified atom stereocenters. The van der Waals surface area contributed by atoms with Gasteiger partial charge in [-0.25, -0.2) is 4.98 Å². The Bertz CT molecular complexity index is 743. The summed E-state index contributed by atoms with van der Waals surface area (Å²) in [5.74, 6) is 0.573. The van der Waals surface area contributed by atoms with Gasteiger partial charge in [0.15, 0.2) is 0 Å². The minimum absolute atomic E-state index is 0.0384. The van der Waals surface area contributed by atoms with Gasteiger partial charge in [-0.05, 0) is 36.2 Å². The highest BCUT2D eigenvalue weighted by Gasteiger charge is 2.22. The highest BCUT2D eigenvalue weighted by Crippen LogP contribution is 2.31. The molecule has 0 fully saturated rings. The molecule has 0 aliphatic carbocycles. The number of pyridine rings is 1. The summed E-state index contributed by atoms with van der Waals surface area (Å²) < 4.78 is 0. The van der Waals surface area contributed by atoms with Crippen LogP contribution >= 0.6 is 0 Å². The first-order chi connectivity index (χ1) is 10.5. The molecule has 1 aliphatic heterocycles. The highest BCUT2D eigenvalue weighted by atomic mass is 16.6. The van der Waals surface area contributed by atoms with Gasteiger partial charge in [-0.1, -0.05) is 0 Å². The summed E-state index contributed by atoms with van der Waals surface area (Å²) in [7, 11) is 0. The van der Waals surface area contributed by atoms with Crippen LogP contribution in [0, 0.1) is 10.1 Å². The predicted octanol–water partition coefficient (Wildman–Crippen LogP) is 2.64. The van der Waals surface area contributed by atoms with E-state index in [4.69, 9.17) is 0 Å². The van der Waals surface area contributed by atoms with Gasteiger partial charge < -0.3 is 10.2 Å². The van der Waals surface area contributed by atoms with Gasteiger partial charge in [-0.15, -0.1) is 0 Å². The van der Waals surface area contributed by atoms with Crippen molar-refractivity contribution in [3.05, 3.63) is 52.2 Å². The van der Waals surface area contributed by atoms with Gasteiger partial charge in [-0.2, -0.15) is 0 Å². The Balaban J connectivity index is 1.79. The topological polar surface area (TPSA) is 88.4 Å². The van der Waals surface area contributed by atoms with E-state index in [1.165, 1.54) is 12.3 Å². The first kappa shape index (κ1) is 14.0. The van der Waals surface area contributed by atoms with E-state index in [-0.39, 0.29) is 11.6 Å². The molecular formula is C15H14N4O3. The van der Waals surface area contributed by atoms with Gasteiger partial charge in [0.25, 0.3) is 5.69 Å².